The van der Waals surface area contributed by atoms with Gasteiger partial charge in [0.05, 0.1) is 12.8 Å². The van der Waals surface area contributed by atoms with Crippen molar-refractivity contribution in [2.75, 3.05) is 17.7 Å². The van der Waals surface area contributed by atoms with Gasteiger partial charge in [0.15, 0.2) is 0 Å². The summed E-state index contributed by atoms with van der Waals surface area (Å²) in [6.07, 6.45) is 1.32. The minimum atomic E-state index is -0.546. The van der Waals surface area contributed by atoms with Gasteiger partial charge in [-0.25, -0.2) is 0 Å². The molecule has 0 spiro atoms. The summed E-state index contributed by atoms with van der Waals surface area (Å²) in [6.45, 7) is 3.63. The van der Waals surface area contributed by atoms with Crippen LogP contribution in [0.1, 0.15) is 11.1 Å². The lowest BCUT2D eigenvalue weighted by atomic mass is 10.2. The minimum Gasteiger partial charge on any atom is -0.495 e. The summed E-state index contributed by atoms with van der Waals surface area (Å²) in [4.78, 5) is 12.4. The molecule has 0 saturated carbocycles. The van der Waals surface area contributed by atoms with Crippen LogP contribution in [0, 0.1) is 25.2 Å². The van der Waals surface area contributed by atoms with E-state index in [0.29, 0.717) is 27.2 Å². The minimum absolute atomic E-state index is 0.0981. The number of aryl methyl sites for hydroxylation is 1. The van der Waals surface area contributed by atoms with E-state index in [1.807, 2.05) is 13.0 Å². The number of carbonyl (C=O) groups excluding carboxylic acids is 1. The number of rotatable bonds is 5. The summed E-state index contributed by atoms with van der Waals surface area (Å²) < 4.78 is 5.26. The van der Waals surface area contributed by atoms with Crippen LogP contribution < -0.4 is 15.4 Å². The summed E-state index contributed by atoms with van der Waals surface area (Å²) in [5, 5.41) is 16.0. The molecule has 7 heteroatoms. The Bertz CT molecular complexity index is 918. The highest BCUT2D eigenvalue weighted by atomic mass is 35.5. The van der Waals surface area contributed by atoms with Crippen LogP contribution in [0.2, 0.25) is 10.0 Å². The van der Waals surface area contributed by atoms with E-state index in [-0.39, 0.29) is 5.57 Å². The fourth-order valence-corrected chi connectivity index (χ4v) is 2.50. The van der Waals surface area contributed by atoms with E-state index >= 15 is 0 Å². The van der Waals surface area contributed by atoms with Gasteiger partial charge in [-0.15, -0.1) is 0 Å². The fourth-order valence-electron chi connectivity index (χ4n) is 2.18. The lowest BCUT2D eigenvalue weighted by molar-refractivity contribution is -0.112. The quantitative estimate of drug-likeness (QED) is 0.552. The predicted molar refractivity (Wildman–Crippen MR) is 105 cm³/mol. The first-order valence-corrected chi connectivity index (χ1v) is 8.40. The molecule has 5 nitrogen and oxygen atoms in total. The number of anilines is 2. The second-order valence-electron chi connectivity index (χ2n) is 5.48. The first-order chi connectivity index (χ1) is 12.4. The molecule has 0 aliphatic carbocycles. The fraction of sp³-hybridized carbons (Fsp3) is 0.158. The third-order valence-electron chi connectivity index (χ3n) is 3.73. The normalized spacial score (nSPS) is 10.8. The summed E-state index contributed by atoms with van der Waals surface area (Å²) in [5.74, 6) is -0.0461. The Labute approximate surface area is 162 Å². The van der Waals surface area contributed by atoms with Gasteiger partial charge in [-0.1, -0.05) is 29.3 Å². The van der Waals surface area contributed by atoms with Gasteiger partial charge in [0.1, 0.15) is 17.4 Å². The molecule has 0 aliphatic rings. The molecule has 2 rings (SSSR count). The number of hydrogen-bond acceptors (Lipinski definition) is 4. The molecule has 0 bridgehead atoms. The molecule has 26 heavy (non-hydrogen) atoms. The number of nitrogens with zero attached hydrogens (tertiary/aromatic N) is 1. The molecule has 0 aromatic heterocycles. The number of amides is 1. The monoisotopic (exact) mass is 389 g/mol. The molecule has 0 aliphatic heterocycles. The SMILES string of the molecule is COc1cc(Cl)c(C)cc1N/C=C(/C#N)C(=O)Nc1cccc(Cl)c1C. The van der Waals surface area contributed by atoms with Crippen molar-refractivity contribution >= 4 is 40.5 Å². The van der Waals surface area contributed by atoms with E-state index < -0.39 is 5.91 Å². The molecule has 2 N–H and O–H groups in total. The highest BCUT2D eigenvalue weighted by Crippen LogP contribution is 2.31. The first-order valence-electron chi connectivity index (χ1n) is 7.64. The van der Waals surface area contributed by atoms with Crippen molar-refractivity contribution < 1.29 is 9.53 Å². The maximum atomic E-state index is 12.4. The molecule has 2 aromatic rings. The van der Waals surface area contributed by atoms with Crippen LogP contribution >= 0.6 is 23.2 Å². The Balaban J connectivity index is 2.23. The van der Waals surface area contributed by atoms with Crippen molar-refractivity contribution in [3.8, 4) is 11.8 Å². The Morgan fingerprint density at radius 1 is 1.19 bits per heavy atom. The number of nitriles is 1. The smallest absolute Gasteiger partial charge is 0.267 e. The summed E-state index contributed by atoms with van der Waals surface area (Å²) in [7, 11) is 1.51. The van der Waals surface area contributed by atoms with Crippen LogP contribution in [0.25, 0.3) is 0 Å². The maximum Gasteiger partial charge on any atom is 0.267 e. The second-order valence-corrected chi connectivity index (χ2v) is 6.30. The molecular weight excluding hydrogens is 373 g/mol. The Kier molecular flexibility index (Phi) is 6.51. The van der Waals surface area contributed by atoms with Crippen LogP contribution in [0.5, 0.6) is 5.75 Å². The van der Waals surface area contributed by atoms with E-state index in [1.54, 1.807) is 37.3 Å². The van der Waals surface area contributed by atoms with Crippen molar-refractivity contribution in [3.05, 3.63) is 63.3 Å². The van der Waals surface area contributed by atoms with E-state index in [2.05, 4.69) is 10.6 Å². The van der Waals surface area contributed by atoms with Crippen LogP contribution in [0.4, 0.5) is 11.4 Å². The van der Waals surface area contributed by atoms with Gasteiger partial charge in [0.2, 0.25) is 0 Å². The molecule has 0 saturated heterocycles. The zero-order chi connectivity index (χ0) is 19.3. The van der Waals surface area contributed by atoms with Gasteiger partial charge < -0.3 is 15.4 Å². The zero-order valence-electron chi connectivity index (χ0n) is 14.5. The van der Waals surface area contributed by atoms with E-state index in [4.69, 9.17) is 27.9 Å². The lowest BCUT2D eigenvalue weighted by Crippen LogP contribution is -2.15. The number of carbonyl (C=O) groups is 1. The van der Waals surface area contributed by atoms with E-state index in [9.17, 15) is 10.1 Å². The van der Waals surface area contributed by atoms with Crippen molar-refractivity contribution in [1.82, 2.24) is 0 Å². The molecule has 0 unspecified atom stereocenters. The lowest BCUT2D eigenvalue weighted by Gasteiger charge is -2.12. The number of halogens is 2. The summed E-state index contributed by atoms with van der Waals surface area (Å²) >= 11 is 12.1. The largest absolute Gasteiger partial charge is 0.495 e. The summed E-state index contributed by atoms with van der Waals surface area (Å²) in [6, 6.07) is 10.5. The number of hydrogen-bond donors (Lipinski definition) is 2. The summed E-state index contributed by atoms with van der Waals surface area (Å²) in [5.41, 5.74) is 2.60. The molecule has 0 atom stereocenters. The van der Waals surface area contributed by atoms with E-state index in [0.717, 1.165) is 11.1 Å². The Morgan fingerprint density at radius 2 is 1.92 bits per heavy atom. The van der Waals surface area contributed by atoms with Gasteiger partial charge in [-0.3, -0.25) is 4.79 Å². The molecule has 0 radical (unpaired) electrons. The van der Waals surface area contributed by atoms with Crippen LogP contribution in [0.3, 0.4) is 0 Å². The molecular formula is C19H17Cl2N3O2. The van der Waals surface area contributed by atoms with Gasteiger partial charge in [-0.2, -0.15) is 5.26 Å². The second kappa shape index (κ2) is 8.61. The zero-order valence-corrected chi connectivity index (χ0v) is 16.0. The van der Waals surface area contributed by atoms with Gasteiger partial charge in [-0.05, 0) is 43.2 Å². The number of nitrogens with one attached hydrogen (secondary N) is 2. The van der Waals surface area contributed by atoms with Gasteiger partial charge in [0, 0.05) is 28.0 Å². The van der Waals surface area contributed by atoms with Crippen LogP contribution in [-0.2, 0) is 4.79 Å². The van der Waals surface area contributed by atoms with Crippen LogP contribution in [-0.4, -0.2) is 13.0 Å². The van der Waals surface area contributed by atoms with Crippen molar-refractivity contribution in [2.45, 2.75) is 13.8 Å². The van der Waals surface area contributed by atoms with Crippen LogP contribution in [0.15, 0.2) is 42.1 Å². The molecule has 0 heterocycles. The third-order valence-corrected chi connectivity index (χ3v) is 4.55. The molecule has 2 aromatic carbocycles. The number of ether oxygens (including phenoxy) is 1. The average Bonchev–Trinajstić information content (AvgIpc) is 2.62. The number of methoxy groups -OCH3 is 1. The Morgan fingerprint density at radius 3 is 2.58 bits per heavy atom. The first kappa shape index (κ1) is 19.6. The topological polar surface area (TPSA) is 74.1 Å². The molecule has 1 amide bonds. The van der Waals surface area contributed by atoms with Crippen molar-refractivity contribution in [2.24, 2.45) is 0 Å². The predicted octanol–water partition coefficient (Wildman–Crippen LogP) is 5.08. The Hall–Kier alpha value is -2.68. The highest BCUT2D eigenvalue weighted by molar-refractivity contribution is 6.32. The average molecular weight is 390 g/mol. The standard InChI is InChI=1S/C19H17Cl2N3O2/c1-11-7-17(18(26-3)8-15(11)21)23-10-13(9-22)19(25)24-16-6-4-5-14(20)12(16)2/h4-8,10,23H,1-3H3,(H,24,25)/b13-10-. The van der Waals surface area contributed by atoms with Gasteiger partial charge in [0.25, 0.3) is 5.91 Å². The van der Waals surface area contributed by atoms with Crippen molar-refractivity contribution in [3.63, 3.8) is 0 Å². The number of benzene rings is 2. The van der Waals surface area contributed by atoms with Gasteiger partial charge >= 0.3 is 0 Å². The molecule has 134 valence electrons. The molecule has 0 fully saturated rings. The van der Waals surface area contributed by atoms with E-state index in [1.165, 1.54) is 13.3 Å². The third kappa shape index (κ3) is 4.48. The van der Waals surface area contributed by atoms with Crippen molar-refractivity contribution in [1.29, 1.82) is 5.26 Å². The maximum absolute atomic E-state index is 12.4. The highest BCUT2D eigenvalue weighted by Gasteiger charge is 2.13.